The number of aliphatic hydroxyl groups is 1. The molecular weight excluding hydrogens is 432 g/mol. The number of carbonyl (C=O) groups is 2. The summed E-state index contributed by atoms with van der Waals surface area (Å²) in [6.07, 6.45) is 0. The van der Waals surface area contributed by atoms with Gasteiger partial charge in [-0.15, -0.1) is 0 Å². The number of anilines is 1. The van der Waals surface area contributed by atoms with E-state index in [2.05, 4.69) is 0 Å². The number of nitriles is 1. The van der Waals surface area contributed by atoms with Gasteiger partial charge in [0, 0.05) is 11.3 Å². The SMILES string of the molecule is COc1cc(C)c(/C(O)=C2\C(=O)C(=O)N(c3ccc(C#N)cc3)C2c2cccc(O)c2)cc1C. The fourth-order valence-electron chi connectivity index (χ4n) is 4.22. The third-order valence-corrected chi connectivity index (χ3v) is 5.90. The molecule has 4 rings (SSSR count). The molecule has 0 saturated carbocycles. The third kappa shape index (κ3) is 3.76. The highest BCUT2D eigenvalue weighted by atomic mass is 16.5. The summed E-state index contributed by atoms with van der Waals surface area (Å²) in [5.41, 5.74) is 2.97. The summed E-state index contributed by atoms with van der Waals surface area (Å²) in [5.74, 6) is -1.38. The van der Waals surface area contributed by atoms with Crippen molar-refractivity contribution in [2.24, 2.45) is 0 Å². The molecule has 2 N–H and O–H groups in total. The van der Waals surface area contributed by atoms with Gasteiger partial charge in [0.15, 0.2) is 0 Å². The van der Waals surface area contributed by atoms with Crippen LogP contribution in [-0.4, -0.2) is 29.0 Å². The van der Waals surface area contributed by atoms with Gasteiger partial charge in [0.05, 0.1) is 30.4 Å². The number of hydrogen-bond acceptors (Lipinski definition) is 6. The molecule has 0 radical (unpaired) electrons. The second kappa shape index (κ2) is 8.75. The first-order chi connectivity index (χ1) is 16.3. The average Bonchev–Trinajstić information content (AvgIpc) is 3.10. The summed E-state index contributed by atoms with van der Waals surface area (Å²) >= 11 is 0. The highest BCUT2D eigenvalue weighted by Gasteiger charge is 2.47. The van der Waals surface area contributed by atoms with E-state index in [1.54, 1.807) is 62.6 Å². The highest BCUT2D eigenvalue weighted by Crippen LogP contribution is 2.43. The van der Waals surface area contributed by atoms with Gasteiger partial charge in [-0.1, -0.05) is 12.1 Å². The summed E-state index contributed by atoms with van der Waals surface area (Å²) in [5, 5.41) is 30.6. The molecule has 7 heteroatoms. The van der Waals surface area contributed by atoms with Crippen molar-refractivity contribution >= 4 is 23.1 Å². The molecule has 1 heterocycles. The number of amides is 1. The molecule has 1 amide bonds. The number of aliphatic hydroxyl groups excluding tert-OH is 1. The molecule has 3 aromatic carbocycles. The molecule has 7 nitrogen and oxygen atoms in total. The third-order valence-electron chi connectivity index (χ3n) is 5.90. The quantitative estimate of drug-likeness (QED) is 0.341. The zero-order valence-corrected chi connectivity index (χ0v) is 18.9. The van der Waals surface area contributed by atoms with Gasteiger partial charge >= 0.3 is 0 Å². The number of phenols is 1. The van der Waals surface area contributed by atoms with Gasteiger partial charge < -0.3 is 14.9 Å². The van der Waals surface area contributed by atoms with Crippen LogP contribution in [0.5, 0.6) is 11.5 Å². The Morgan fingerprint density at radius 3 is 2.35 bits per heavy atom. The van der Waals surface area contributed by atoms with E-state index in [9.17, 15) is 19.8 Å². The molecule has 170 valence electrons. The average molecular weight is 454 g/mol. The van der Waals surface area contributed by atoms with Crippen molar-refractivity contribution < 1.29 is 24.5 Å². The predicted molar refractivity (Wildman–Crippen MR) is 127 cm³/mol. The van der Waals surface area contributed by atoms with Crippen LogP contribution >= 0.6 is 0 Å². The Morgan fingerprint density at radius 2 is 1.74 bits per heavy atom. The number of methoxy groups -OCH3 is 1. The van der Waals surface area contributed by atoms with E-state index >= 15 is 0 Å². The van der Waals surface area contributed by atoms with Crippen LogP contribution in [0.25, 0.3) is 5.76 Å². The largest absolute Gasteiger partial charge is 0.508 e. The fraction of sp³-hybridized carbons (Fsp3) is 0.148. The lowest BCUT2D eigenvalue weighted by atomic mass is 9.93. The molecule has 0 bridgehead atoms. The topological polar surface area (TPSA) is 111 Å². The van der Waals surface area contributed by atoms with E-state index < -0.39 is 17.7 Å². The van der Waals surface area contributed by atoms with Crippen molar-refractivity contribution in [3.63, 3.8) is 0 Å². The first kappa shape index (κ1) is 22.6. The van der Waals surface area contributed by atoms with E-state index in [1.807, 2.05) is 13.0 Å². The first-order valence-corrected chi connectivity index (χ1v) is 10.5. The minimum atomic E-state index is -0.984. The van der Waals surface area contributed by atoms with Crippen molar-refractivity contribution in [1.29, 1.82) is 5.26 Å². The monoisotopic (exact) mass is 454 g/mol. The van der Waals surface area contributed by atoms with E-state index in [4.69, 9.17) is 10.00 Å². The Balaban J connectivity index is 1.97. The number of aryl methyl sites for hydroxylation is 2. The Hall–Kier alpha value is -4.57. The Kier molecular flexibility index (Phi) is 5.82. The van der Waals surface area contributed by atoms with E-state index in [0.29, 0.717) is 33.7 Å². The van der Waals surface area contributed by atoms with Gasteiger partial charge in [0.1, 0.15) is 17.3 Å². The van der Waals surface area contributed by atoms with Crippen molar-refractivity contribution in [2.45, 2.75) is 19.9 Å². The molecule has 34 heavy (non-hydrogen) atoms. The molecule has 1 unspecified atom stereocenters. The van der Waals surface area contributed by atoms with Crippen LogP contribution in [0.1, 0.15) is 33.9 Å². The zero-order chi connectivity index (χ0) is 24.6. The number of ether oxygens (including phenoxy) is 1. The van der Waals surface area contributed by atoms with Gasteiger partial charge in [-0.25, -0.2) is 0 Å². The smallest absolute Gasteiger partial charge is 0.300 e. The van der Waals surface area contributed by atoms with Crippen molar-refractivity contribution in [3.8, 4) is 17.6 Å². The fourth-order valence-corrected chi connectivity index (χ4v) is 4.22. The number of rotatable bonds is 4. The number of aromatic hydroxyl groups is 1. The highest BCUT2D eigenvalue weighted by molar-refractivity contribution is 6.51. The predicted octanol–water partition coefficient (Wildman–Crippen LogP) is 4.52. The van der Waals surface area contributed by atoms with E-state index in [0.717, 1.165) is 5.56 Å². The summed E-state index contributed by atoms with van der Waals surface area (Å²) in [6, 6.07) is 16.9. The lowest BCUT2D eigenvalue weighted by Gasteiger charge is -2.25. The molecule has 1 fully saturated rings. The molecule has 0 aromatic heterocycles. The lowest BCUT2D eigenvalue weighted by Crippen LogP contribution is -2.29. The summed E-state index contributed by atoms with van der Waals surface area (Å²) in [6.45, 7) is 3.59. The molecule has 0 spiro atoms. The van der Waals surface area contributed by atoms with Crippen LogP contribution in [0.4, 0.5) is 5.69 Å². The van der Waals surface area contributed by atoms with E-state index in [1.165, 1.54) is 17.0 Å². The van der Waals surface area contributed by atoms with Gasteiger partial charge in [-0.3, -0.25) is 14.5 Å². The van der Waals surface area contributed by atoms with Crippen LogP contribution in [0.2, 0.25) is 0 Å². The maximum atomic E-state index is 13.3. The minimum Gasteiger partial charge on any atom is -0.508 e. The van der Waals surface area contributed by atoms with Gasteiger partial charge in [0.2, 0.25) is 0 Å². The Morgan fingerprint density at radius 1 is 1.03 bits per heavy atom. The second-order valence-corrected chi connectivity index (χ2v) is 8.06. The molecule has 1 aliphatic heterocycles. The van der Waals surface area contributed by atoms with Gasteiger partial charge in [-0.2, -0.15) is 5.26 Å². The number of hydrogen-bond donors (Lipinski definition) is 2. The lowest BCUT2D eigenvalue weighted by molar-refractivity contribution is -0.132. The summed E-state index contributed by atoms with van der Waals surface area (Å²) in [7, 11) is 1.55. The molecule has 3 aromatic rings. The zero-order valence-electron chi connectivity index (χ0n) is 18.9. The summed E-state index contributed by atoms with van der Waals surface area (Å²) in [4.78, 5) is 27.8. The molecule has 0 aliphatic carbocycles. The first-order valence-electron chi connectivity index (χ1n) is 10.5. The van der Waals surface area contributed by atoms with Crippen molar-refractivity contribution in [2.75, 3.05) is 12.0 Å². The van der Waals surface area contributed by atoms with E-state index in [-0.39, 0.29) is 17.1 Å². The summed E-state index contributed by atoms with van der Waals surface area (Å²) < 4.78 is 5.34. The Bertz CT molecular complexity index is 1380. The molecular formula is C27H22N2O5. The standard InChI is InChI=1S/C27H22N2O5/c1-15-12-22(34-3)16(2)11-21(15)25(31)23-24(18-5-4-6-20(30)13-18)29(27(33)26(23)32)19-9-7-17(14-28)8-10-19/h4-13,24,30-31H,1-3H3/b25-23+. The van der Waals surface area contributed by atoms with Crippen LogP contribution in [0.3, 0.4) is 0 Å². The number of nitrogens with zero attached hydrogens (tertiary/aromatic N) is 2. The van der Waals surface area contributed by atoms with Crippen LogP contribution < -0.4 is 9.64 Å². The molecule has 1 atom stereocenters. The second-order valence-electron chi connectivity index (χ2n) is 8.06. The maximum Gasteiger partial charge on any atom is 0.300 e. The Labute approximate surface area is 196 Å². The minimum absolute atomic E-state index is 0.0422. The van der Waals surface area contributed by atoms with Gasteiger partial charge in [-0.05, 0) is 79.1 Å². The molecule has 1 aliphatic rings. The van der Waals surface area contributed by atoms with Crippen LogP contribution in [0, 0.1) is 25.2 Å². The van der Waals surface area contributed by atoms with Gasteiger partial charge in [0.25, 0.3) is 11.7 Å². The number of phenolic OH excluding ortho intramolecular Hbond substituents is 1. The van der Waals surface area contributed by atoms with Crippen molar-refractivity contribution in [3.05, 3.63) is 94.1 Å². The number of ketones is 1. The number of benzene rings is 3. The van der Waals surface area contributed by atoms with Crippen LogP contribution in [0.15, 0.2) is 66.2 Å². The van der Waals surface area contributed by atoms with Crippen LogP contribution in [-0.2, 0) is 9.59 Å². The molecule has 1 saturated heterocycles. The number of Topliss-reactive ketones (excluding diaryl/α,β-unsaturated/α-hetero) is 1. The number of carbonyl (C=O) groups excluding carboxylic acids is 2. The normalized spacial score (nSPS) is 17.0. The van der Waals surface area contributed by atoms with Crippen molar-refractivity contribution in [1.82, 2.24) is 0 Å². The maximum absolute atomic E-state index is 13.3.